The molecule has 0 spiro atoms. The summed E-state index contributed by atoms with van der Waals surface area (Å²) in [5.41, 5.74) is 2.31. The second-order valence-electron chi connectivity index (χ2n) is 5.87. The molecule has 28 heavy (non-hydrogen) atoms. The average molecular weight is 371 g/mol. The maximum Gasteiger partial charge on any atom is 0.262 e. The zero-order chi connectivity index (χ0) is 19.8. The summed E-state index contributed by atoms with van der Waals surface area (Å²) in [6, 6.07) is 24.2. The molecule has 6 nitrogen and oxygen atoms in total. The largest absolute Gasteiger partial charge is 0.484 e. The fourth-order valence-electron chi connectivity index (χ4n) is 2.40. The molecule has 0 unspecified atom stereocenters. The SMILES string of the molecule is N#Cc1ccc(NC(=O)COc2ccc(NC(=O)c3ccccc3)cc2)cc1. The lowest BCUT2D eigenvalue weighted by molar-refractivity contribution is -0.118. The first-order chi connectivity index (χ1) is 13.6. The fraction of sp³-hybridized carbons (Fsp3) is 0.0455. The van der Waals surface area contributed by atoms with Crippen molar-refractivity contribution in [2.24, 2.45) is 0 Å². The Morgan fingerprint density at radius 2 is 1.43 bits per heavy atom. The van der Waals surface area contributed by atoms with Gasteiger partial charge in [0.1, 0.15) is 5.75 Å². The first kappa shape index (κ1) is 18.7. The Kier molecular flexibility index (Phi) is 6.01. The first-order valence-electron chi connectivity index (χ1n) is 8.53. The highest BCUT2D eigenvalue weighted by atomic mass is 16.5. The van der Waals surface area contributed by atoms with Crippen LogP contribution in [0.5, 0.6) is 5.75 Å². The van der Waals surface area contributed by atoms with Crippen LogP contribution in [0.3, 0.4) is 0 Å². The van der Waals surface area contributed by atoms with Crippen molar-refractivity contribution in [3.05, 3.63) is 90.0 Å². The van der Waals surface area contributed by atoms with Crippen LogP contribution >= 0.6 is 0 Å². The van der Waals surface area contributed by atoms with Crippen LogP contribution < -0.4 is 15.4 Å². The van der Waals surface area contributed by atoms with Crippen molar-refractivity contribution in [2.75, 3.05) is 17.2 Å². The highest BCUT2D eigenvalue weighted by molar-refractivity contribution is 6.04. The van der Waals surface area contributed by atoms with E-state index in [4.69, 9.17) is 10.00 Å². The molecule has 0 aromatic heterocycles. The van der Waals surface area contributed by atoms with Crippen molar-refractivity contribution in [1.82, 2.24) is 0 Å². The zero-order valence-corrected chi connectivity index (χ0v) is 14.9. The Bertz CT molecular complexity index is 992. The van der Waals surface area contributed by atoms with E-state index in [1.165, 1.54) is 0 Å². The van der Waals surface area contributed by atoms with Crippen LogP contribution in [0.1, 0.15) is 15.9 Å². The number of anilines is 2. The quantitative estimate of drug-likeness (QED) is 0.689. The number of benzene rings is 3. The van der Waals surface area contributed by atoms with Gasteiger partial charge in [-0.05, 0) is 60.7 Å². The molecule has 3 aromatic carbocycles. The van der Waals surface area contributed by atoms with Gasteiger partial charge in [0.25, 0.3) is 11.8 Å². The van der Waals surface area contributed by atoms with E-state index in [2.05, 4.69) is 10.6 Å². The molecule has 138 valence electrons. The number of ether oxygens (including phenoxy) is 1. The number of nitrogens with one attached hydrogen (secondary N) is 2. The van der Waals surface area contributed by atoms with Gasteiger partial charge in [-0.15, -0.1) is 0 Å². The molecule has 2 amide bonds. The monoisotopic (exact) mass is 371 g/mol. The summed E-state index contributed by atoms with van der Waals surface area (Å²) in [5, 5.41) is 14.3. The highest BCUT2D eigenvalue weighted by Gasteiger charge is 2.07. The second kappa shape index (κ2) is 9.01. The van der Waals surface area contributed by atoms with Crippen LogP contribution in [-0.4, -0.2) is 18.4 Å². The number of hydrogen-bond donors (Lipinski definition) is 2. The van der Waals surface area contributed by atoms with Crippen LogP contribution in [0.2, 0.25) is 0 Å². The summed E-state index contributed by atoms with van der Waals surface area (Å²) in [6.07, 6.45) is 0. The number of hydrogen-bond acceptors (Lipinski definition) is 4. The van der Waals surface area contributed by atoms with Gasteiger partial charge >= 0.3 is 0 Å². The van der Waals surface area contributed by atoms with E-state index in [1.807, 2.05) is 12.1 Å². The van der Waals surface area contributed by atoms with Gasteiger partial charge in [-0.25, -0.2) is 0 Å². The minimum absolute atomic E-state index is 0.157. The van der Waals surface area contributed by atoms with Crippen molar-refractivity contribution >= 4 is 23.2 Å². The van der Waals surface area contributed by atoms with E-state index in [1.54, 1.807) is 72.8 Å². The third-order valence-electron chi connectivity index (χ3n) is 3.82. The van der Waals surface area contributed by atoms with Crippen LogP contribution in [-0.2, 0) is 4.79 Å². The van der Waals surface area contributed by atoms with Gasteiger partial charge in [0.15, 0.2) is 6.61 Å². The van der Waals surface area contributed by atoms with E-state index in [9.17, 15) is 9.59 Å². The molecule has 6 heteroatoms. The minimum atomic E-state index is -0.314. The Labute approximate surface area is 162 Å². The first-order valence-corrected chi connectivity index (χ1v) is 8.53. The van der Waals surface area contributed by atoms with E-state index in [0.717, 1.165) is 0 Å². The molecule has 0 aliphatic carbocycles. The van der Waals surface area contributed by atoms with Gasteiger partial charge < -0.3 is 15.4 Å². The number of rotatable bonds is 6. The summed E-state index contributed by atoms with van der Waals surface area (Å²) < 4.78 is 5.45. The molecule has 0 aliphatic heterocycles. The van der Waals surface area contributed by atoms with Crippen molar-refractivity contribution in [3.63, 3.8) is 0 Å². The Morgan fingerprint density at radius 3 is 2.07 bits per heavy atom. The number of carbonyl (C=O) groups excluding carboxylic acids is 2. The topological polar surface area (TPSA) is 91.2 Å². The molecular weight excluding hydrogens is 354 g/mol. The number of nitrogens with zero attached hydrogens (tertiary/aromatic N) is 1. The Hall–Kier alpha value is -4.11. The van der Waals surface area contributed by atoms with E-state index >= 15 is 0 Å². The highest BCUT2D eigenvalue weighted by Crippen LogP contribution is 2.17. The van der Waals surface area contributed by atoms with Crippen LogP contribution in [0, 0.1) is 11.3 Å². The lowest BCUT2D eigenvalue weighted by Crippen LogP contribution is -2.20. The van der Waals surface area contributed by atoms with Crippen LogP contribution in [0.15, 0.2) is 78.9 Å². The van der Waals surface area contributed by atoms with Gasteiger partial charge in [0, 0.05) is 16.9 Å². The van der Waals surface area contributed by atoms with Crippen LogP contribution in [0.4, 0.5) is 11.4 Å². The molecule has 0 bridgehead atoms. The van der Waals surface area contributed by atoms with Gasteiger partial charge in [0.2, 0.25) is 0 Å². The number of amides is 2. The third-order valence-corrected chi connectivity index (χ3v) is 3.82. The molecule has 0 saturated heterocycles. The molecule has 2 N–H and O–H groups in total. The van der Waals surface area contributed by atoms with E-state index in [-0.39, 0.29) is 18.4 Å². The molecule has 0 heterocycles. The molecule has 3 aromatic rings. The van der Waals surface area contributed by atoms with Gasteiger partial charge in [-0.3, -0.25) is 9.59 Å². The standard InChI is InChI=1S/C22H17N3O3/c23-14-16-6-8-18(9-7-16)24-21(26)15-28-20-12-10-19(11-13-20)25-22(27)17-4-2-1-3-5-17/h1-13H,15H2,(H,24,26)(H,25,27). The molecule has 0 aliphatic rings. The average Bonchev–Trinajstić information content (AvgIpc) is 2.74. The Morgan fingerprint density at radius 1 is 0.821 bits per heavy atom. The lowest BCUT2D eigenvalue weighted by atomic mass is 10.2. The van der Waals surface area contributed by atoms with E-state index < -0.39 is 0 Å². The van der Waals surface area contributed by atoms with Gasteiger partial charge in [0.05, 0.1) is 11.6 Å². The predicted molar refractivity (Wildman–Crippen MR) is 106 cm³/mol. The van der Waals surface area contributed by atoms with Gasteiger partial charge in [-0.2, -0.15) is 5.26 Å². The van der Waals surface area contributed by atoms with Crippen LogP contribution in [0.25, 0.3) is 0 Å². The zero-order valence-electron chi connectivity index (χ0n) is 14.9. The fourth-order valence-corrected chi connectivity index (χ4v) is 2.40. The predicted octanol–water partition coefficient (Wildman–Crippen LogP) is 3.83. The summed E-state index contributed by atoms with van der Waals surface area (Å²) >= 11 is 0. The van der Waals surface area contributed by atoms with E-state index in [0.29, 0.717) is 28.3 Å². The number of carbonyl (C=O) groups is 2. The third kappa shape index (κ3) is 5.19. The number of nitriles is 1. The molecular formula is C22H17N3O3. The molecule has 0 fully saturated rings. The lowest BCUT2D eigenvalue weighted by Gasteiger charge is -2.09. The molecule has 0 saturated carbocycles. The minimum Gasteiger partial charge on any atom is -0.484 e. The maximum atomic E-state index is 12.1. The van der Waals surface area contributed by atoms with Crippen molar-refractivity contribution in [2.45, 2.75) is 0 Å². The Balaban J connectivity index is 1.49. The second-order valence-corrected chi connectivity index (χ2v) is 5.87. The van der Waals surface area contributed by atoms with Gasteiger partial charge in [-0.1, -0.05) is 18.2 Å². The molecule has 3 rings (SSSR count). The molecule has 0 atom stereocenters. The summed E-state index contributed by atoms with van der Waals surface area (Å²) in [4.78, 5) is 24.1. The van der Waals surface area contributed by atoms with Crippen molar-refractivity contribution in [3.8, 4) is 11.8 Å². The summed E-state index contributed by atoms with van der Waals surface area (Å²) in [5.74, 6) is -0.00471. The summed E-state index contributed by atoms with van der Waals surface area (Å²) in [6.45, 7) is -0.157. The van der Waals surface area contributed by atoms with Crippen molar-refractivity contribution in [1.29, 1.82) is 5.26 Å². The smallest absolute Gasteiger partial charge is 0.262 e. The molecule has 0 radical (unpaired) electrons. The normalized spacial score (nSPS) is 9.82. The van der Waals surface area contributed by atoms with Crippen molar-refractivity contribution < 1.29 is 14.3 Å². The summed E-state index contributed by atoms with van der Waals surface area (Å²) in [7, 11) is 0. The maximum absolute atomic E-state index is 12.1.